The SMILES string of the molecule is COCCNCC(=O)NC1CCN(C)CC1. The number of piperidine rings is 1. The number of carbonyl (C=O) groups excluding carboxylic acids is 1. The van der Waals surface area contributed by atoms with Gasteiger partial charge in [-0.05, 0) is 33.0 Å². The number of hydrogen-bond donors (Lipinski definition) is 2. The molecule has 5 nitrogen and oxygen atoms in total. The number of carbonyl (C=O) groups is 1. The van der Waals surface area contributed by atoms with Gasteiger partial charge in [0.2, 0.25) is 5.91 Å². The van der Waals surface area contributed by atoms with Crippen molar-refractivity contribution >= 4 is 5.91 Å². The van der Waals surface area contributed by atoms with Gasteiger partial charge in [-0.15, -0.1) is 0 Å². The standard InChI is InChI=1S/C11H23N3O2/c1-14-6-3-10(4-7-14)13-11(15)9-12-5-8-16-2/h10,12H,3-9H2,1-2H3,(H,13,15). The van der Waals surface area contributed by atoms with E-state index in [1.807, 2.05) is 0 Å². The first-order valence-corrected chi connectivity index (χ1v) is 5.90. The summed E-state index contributed by atoms with van der Waals surface area (Å²) < 4.78 is 4.89. The molecule has 0 aromatic carbocycles. The molecule has 1 fully saturated rings. The fraction of sp³-hybridized carbons (Fsp3) is 0.909. The van der Waals surface area contributed by atoms with E-state index in [9.17, 15) is 4.79 Å². The van der Waals surface area contributed by atoms with Crippen LogP contribution in [0.25, 0.3) is 0 Å². The monoisotopic (exact) mass is 229 g/mol. The molecule has 0 aromatic rings. The van der Waals surface area contributed by atoms with E-state index in [1.54, 1.807) is 7.11 Å². The number of nitrogens with zero attached hydrogens (tertiary/aromatic N) is 1. The van der Waals surface area contributed by atoms with Gasteiger partial charge in [0.15, 0.2) is 0 Å². The van der Waals surface area contributed by atoms with Crippen LogP contribution in [0.3, 0.4) is 0 Å². The third-order valence-corrected chi connectivity index (χ3v) is 2.85. The largest absolute Gasteiger partial charge is 0.383 e. The Morgan fingerprint density at radius 3 is 2.75 bits per heavy atom. The Morgan fingerprint density at radius 1 is 1.44 bits per heavy atom. The summed E-state index contributed by atoms with van der Waals surface area (Å²) in [4.78, 5) is 13.8. The van der Waals surface area contributed by atoms with Gasteiger partial charge in [-0.25, -0.2) is 0 Å². The summed E-state index contributed by atoms with van der Waals surface area (Å²) in [5.41, 5.74) is 0. The number of methoxy groups -OCH3 is 1. The third-order valence-electron chi connectivity index (χ3n) is 2.85. The lowest BCUT2D eigenvalue weighted by molar-refractivity contribution is -0.121. The minimum Gasteiger partial charge on any atom is -0.383 e. The molecule has 2 N–H and O–H groups in total. The molecular formula is C11H23N3O2. The highest BCUT2D eigenvalue weighted by Gasteiger charge is 2.17. The van der Waals surface area contributed by atoms with Crippen molar-refractivity contribution in [3.8, 4) is 0 Å². The maximum absolute atomic E-state index is 11.5. The van der Waals surface area contributed by atoms with Gasteiger partial charge in [-0.3, -0.25) is 4.79 Å². The Morgan fingerprint density at radius 2 is 2.12 bits per heavy atom. The molecule has 16 heavy (non-hydrogen) atoms. The molecule has 1 heterocycles. The molecule has 0 radical (unpaired) electrons. The van der Waals surface area contributed by atoms with Crippen LogP contribution in [0.15, 0.2) is 0 Å². The van der Waals surface area contributed by atoms with Crippen LogP contribution < -0.4 is 10.6 Å². The van der Waals surface area contributed by atoms with Crippen molar-refractivity contribution in [2.75, 3.05) is 46.9 Å². The first-order chi connectivity index (χ1) is 7.72. The predicted octanol–water partition coefficient (Wildman–Crippen LogP) is -0.567. The molecule has 0 aromatic heterocycles. The molecule has 0 unspecified atom stereocenters. The van der Waals surface area contributed by atoms with E-state index in [1.165, 1.54) is 0 Å². The highest BCUT2D eigenvalue weighted by Crippen LogP contribution is 2.07. The smallest absolute Gasteiger partial charge is 0.234 e. The lowest BCUT2D eigenvalue weighted by Gasteiger charge is -2.29. The molecule has 1 amide bonds. The van der Waals surface area contributed by atoms with E-state index in [0.717, 1.165) is 32.5 Å². The lowest BCUT2D eigenvalue weighted by Crippen LogP contribution is -2.46. The number of ether oxygens (including phenoxy) is 1. The molecular weight excluding hydrogens is 206 g/mol. The highest BCUT2D eigenvalue weighted by atomic mass is 16.5. The second kappa shape index (κ2) is 7.60. The Kier molecular flexibility index (Phi) is 6.37. The quantitative estimate of drug-likeness (QED) is 0.599. The number of amides is 1. The molecule has 0 atom stereocenters. The van der Waals surface area contributed by atoms with E-state index < -0.39 is 0 Å². The zero-order valence-electron chi connectivity index (χ0n) is 10.3. The van der Waals surface area contributed by atoms with Gasteiger partial charge >= 0.3 is 0 Å². The van der Waals surface area contributed by atoms with Crippen molar-refractivity contribution in [1.29, 1.82) is 0 Å². The zero-order valence-corrected chi connectivity index (χ0v) is 10.3. The second-order valence-corrected chi connectivity index (χ2v) is 4.31. The molecule has 94 valence electrons. The summed E-state index contributed by atoms with van der Waals surface area (Å²) in [6.07, 6.45) is 2.11. The van der Waals surface area contributed by atoms with E-state index in [0.29, 0.717) is 19.2 Å². The van der Waals surface area contributed by atoms with Crippen molar-refractivity contribution in [2.24, 2.45) is 0 Å². The maximum atomic E-state index is 11.5. The van der Waals surface area contributed by atoms with Crippen molar-refractivity contribution < 1.29 is 9.53 Å². The summed E-state index contributed by atoms with van der Waals surface area (Å²) in [6.45, 7) is 3.89. The van der Waals surface area contributed by atoms with Gasteiger partial charge in [0.05, 0.1) is 13.2 Å². The first kappa shape index (κ1) is 13.4. The number of hydrogen-bond acceptors (Lipinski definition) is 4. The van der Waals surface area contributed by atoms with Crippen LogP contribution >= 0.6 is 0 Å². The summed E-state index contributed by atoms with van der Waals surface area (Å²) in [7, 11) is 3.77. The second-order valence-electron chi connectivity index (χ2n) is 4.31. The van der Waals surface area contributed by atoms with Crippen molar-refractivity contribution in [3.63, 3.8) is 0 Å². The predicted molar refractivity (Wildman–Crippen MR) is 63.4 cm³/mol. The highest BCUT2D eigenvalue weighted by molar-refractivity contribution is 5.78. The Balaban J connectivity index is 2.05. The average Bonchev–Trinajstić information content (AvgIpc) is 2.28. The van der Waals surface area contributed by atoms with E-state index >= 15 is 0 Å². The van der Waals surface area contributed by atoms with Crippen LogP contribution in [-0.4, -0.2) is 63.8 Å². The van der Waals surface area contributed by atoms with Crippen LogP contribution in [-0.2, 0) is 9.53 Å². The average molecular weight is 229 g/mol. The molecule has 0 aliphatic carbocycles. The van der Waals surface area contributed by atoms with Crippen molar-refractivity contribution in [2.45, 2.75) is 18.9 Å². The van der Waals surface area contributed by atoms with E-state index in [-0.39, 0.29) is 5.91 Å². The van der Waals surface area contributed by atoms with Crippen LogP contribution in [0.1, 0.15) is 12.8 Å². The molecule has 1 aliphatic rings. The Hall–Kier alpha value is -0.650. The molecule has 1 aliphatic heterocycles. The van der Waals surface area contributed by atoms with Crippen molar-refractivity contribution in [3.05, 3.63) is 0 Å². The van der Waals surface area contributed by atoms with Crippen LogP contribution in [0.2, 0.25) is 0 Å². The molecule has 1 saturated heterocycles. The van der Waals surface area contributed by atoms with E-state index in [4.69, 9.17) is 4.74 Å². The molecule has 0 bridgehead atoms. The number of rotatable bonds is 6. The molecule has 1 rings (SSSR count). The van der Waals surface area contributed by atoms with Gasteiger partial charge in [-0.2, -0.15) is 0 Å². The number of nitrogens with one attached hydrogen (secondary N) is 2. The summed E-state index contributed by atoms with van der Waals surface area (Å²) in [5, 5.41) is 6.08. The van der Waals surface area contributed by atoms with Crippen molar-refractivity contribution in [1.82, 2.24) is 15.5 Å². The van der Waals surface area contributed by atoms with Gasteiger partial charge in [-0.1, -0.05) is 0 Å². The maximum Gasteiger partial charge on any atom is 0.234 e. The fourth-order valence-electron chi connectivity index (χ4n) is 1.81. The minimum atomic E-state index is 0.0886. The number of likely N-dealkylation sites (tertiary alicyclic amines) is 1. The summed E-state index contributed by atoms with van der Waals surface area (Å²) in [5.74, 6) is 0.0886. The third kappa shape index (κ3) is 5.44. The minimum absolute atomic E-state index is 0.0886. The topological polar surface area (TPSA) is 53.6 Å². The first-order valence-electron chi connectivity index (χ1n) is 5.90. The fourth-order valence-corrected chi connectivity index (χ4v) is 1.81. The summed E-state index contributed by atoms with van der Waals surface area (Å²) >= 11 is 0. The molecule has 0 saturated carbocycles. The molecule has 0 spiro atoms. The van der Waals surface area contributed by atoms with E-state index in [2.05, 4.69) is 22.6 Å². The lowest BCUT2D eigenvalue weighted by atomic mass is 10.1. The van der Waals surface area contributed by atoms with Gasteiger partial charge in [0, 0.05) is 19.7 Å². The van der Waals surface area contributed by atoms with Gasteiger partial charge in [0.1, 0.15) is 0 Å². The van der Waals surface area contributed by atoms with Crippen LogP contribution in [0.5, 0.6) is 0 Å². The Bertz CT molecular complexity index is 203. The molecule has 5 heteroatoms. The van der Waals surface area contributed by atoms with Gasteiger partial charge in [0.25, 0.3) is 0 Å². The summed E-state index contributed by atoms with van der Waals surface area (Å²) in [6, 6.07) is 0.355. The van der Waals surface area contributed by atoms with Crippen LogP contribution in [0.4, 0.5) is 0 Å². The zero-order chi connectivity index (χ0) is 11.8. The van der Waals surface area contributed by atoms with Crippen LogP contribution in [0, 0.1) is 0 Å². The van der Waals surface area contributed by atoms with Gasteiger partial charge < -0.3 is 20.3 Å². The Labute approximate surface area is 97.5 Å². The normalized spacial score (nSPS) is 18.6.